The zero-order valence-corrected chi connectivity index (χ0v) is 14.9. The van der Waals surface area contributed by atoms with E-state index in [0.29, 0.717) is 28.3 Å². The molecule has 3 aromatic rings. The monoisotopic (exact) mass is 371 g/mol. The molecule has 0 unspecified atom stereocenters. The second-order valence-corrected chi connectivity index (χ2v) is 5.53. The summed E-state index contributed by atoms with van der Waals surface area (Å²) in [5.41, 5.74) is 1.70. The number of aromatic nitrogens is 3. The average Bonchev–Trinajstić information content (AvgIpc) is 3.16. The lowest BCUT2D eigenvalue weighted by Gasteiger charge is -2.12. The third-order valence-electron chi connectivity index (χ3n) is 3.74. The highest BCUT2D eigenvalue weighted by atomic mass is 19.1. The van der Waals surface area contributed by atoms with E-state index in [-0.39, 0.29) is 24.7 Å². The predicted octanol–water partition coefficient (Wildman–Crippen LogP) is 3.38. The molecule has 2 aromatic carbocycles. The minimum absolute atomic E-state index is 0.0816. The van der Waals surface area contributed by atoms with Crippen LogP contribution in [0.5, 0.6) is 11.5 Å². The van der Waals surface area contributed by atoms with Crippen LogP contribution in [-0.2, 0) is 11.3 Å². The molecule has 0 aliphatic carbocycles. The van der Waals surface area contributed by atoms with Crippen LogP contribution in [0.25, 0.3) is 11.3 Å². The van der Waals surface area contributed by atoms with E-state index in [1.165, 1.54) is 19.2 Å². The summed E-state index contributed by atoms with van der Waals surface area (Å²) in [4.78, 5) is 12.0. The molecule has 8 heteroatoms. The molecule has 3 rings (SSSR count). The molecule has 1 aromatic heterocycles. The first-order chi connectivity index (χ1) is 13.1. The molecule has 7 nitrogen and oxygen atoms in total. The minimum atomic E-state index is -0.570. The molecule has 140 valence electrons. The zero-order chi connectivity index (χ0) is 19.2. The van der Waals surface area contributed by atoms with Crippen LogP contribution < -0.4 is 9.47 Å². The van der Waals surface area contributed by atoms with Gasteiger partial charge in [-0.15, -0.1) is 5.10 Å². The Morgan fingerprint density at radius 3 is 2.74 bits per heavy atom. The molecule has 0 saturated heterocycles. The smallest absolute Gasteiger partial charge is 0.361 e. The molecule has 0 radical (unpaired) electrons. The van der Waals surface area contributed by atoms with Crippen molar-refractivity contribution < 1.29 is 23.4 Å². The normalized spacial score (nSPS) is 10.5. The summed E-state index contributed by atoms with van der Waals surface area (Å²) in [5, 5.41) is 10.3. The zero-order valence-electron chi connectivity index (χ0n) is 14.9. The molecule has 0 aliphatic heterocycles. The van der Waals surface area contributed by atoms with E-state index in [9.17, 15) is 9.18 Å². The van der Waals surface area contributed by atoms with Crippen molar-refractivity contribution in [1.82, 2.24) is 15.4 Å². The Morgan fingerprint density at radius 1 is 1.15 bits per heavy atom. The van der Waals surface area contributed by atoms with Crippen LogP contribution in [0.15, 0.2) is 42.5 Å². The summed E-state index contributed by atoms with van der Waals surface area (Å²) in [6.07, 6.45) is 0. The van der Waals surface area contributed by atoms with Crippen molar-refractivity contribution in [3.8, 4) is 22.8 Å². The Balaban J connectivity index is 1.88. The van der Waals surface area contributed by atoms with Gasteiger partial charge < -0.3 is 14.2 Å². The predicted molar refractivity (Wildman–Crippen MR) is 95.1 cm³/mol. The number of hydrogen-bond donors (Lipinski definition) is 1. The molecule has 1 N–H and O–H groups in total. The number of nitrogens with zero attached hydrogens (tertiary/aromatic N) is 2. The van der Waals surface area contributed by atoms with Crippen molar-refractivity contribution in [2.24, 2.45) is 0 Å². The molecule has 1 heterocycles. The second kappa shape index (κ2) is 8.31. The van der Waals surface area contributed by atoms with Crippen molar-refractivity contribution >= 4 is 5.97 Å². The number of aromatic amines is 1. The van der Waals surface area contributed by atoms with E-state index in [4.69, 9.17) is 14.2 Å². The number of ether oxygens (including phenoxy) is 3. The molecular formula is C19H18FN3O4. The van der Waals surface area contributed by atoms with Gasteiger partial charge in [0.1, 0.15) is 18.1 Å². The lowest BCUT2D eigenvalue weighted by molar-refractivity contribution is 0.0520. The fraction of sp³-hybridized carbons (Fsp3) is 0.211. The van der Waals surface area contributed by atoms with Crippen LogP contribution in [0.2, 0.25) is 0 Å². The van der Waals surface area contributed by atoms with E-state index in [0.717, 1.165) is 0 Å². The summed E-state index contributed by atoms with van der Waals surface area (Å²) in [5.74, 6) is 0.0196. The lowest BCUT2D eigenvalue weighted by Crippen LogP contribution is -2.07. The first-order valence-electron chi connectivity index (χ1n) is 8.26. The summed E-state index contributed by atoms with van der Waals surface area (Å²) < 4.78 is 29.4. The second-order valence-electron chi connectivity index (χ2n) is 5.53. The van der Waals surface area contributed by atoms with Crippen LogP contribution in [0.1, 0.15) is 23.0 Å². The molecule has 0 saturated carbocycles. The highest BCUT2D eigenvalue weighted by Crippen LogP contribution is 2.33. The largest absolute Gasteiger partial charge is 0.493 e. The van der Waals surface area contributed by atoms with Crippen molar-refractivity contribution in [3.05, 3.63) is 59.5 Å². The standard InChI is InChI=1S/C19H18FN3O4/c1-3-26-19(24)18-17(21-23-22-18)13-7-8-15(25-2)16(10-13)27-11-12-5-4-6-14(20)9-12/h4-10H,3,11H2,1-2H3,(H,21,22,23). The number of esters is 1. The van der Waals surface area contributed by atoms with Crippen molar-refractivity contribution in [1.29, 1.82) is 0 Å². The maximum absolute atomic E-state index is 13.3. The number of benzene rings is 2. The van der Waals surface area contributed by atoms with Crippen LogP contribution in [-0.4, -0.2) is 35.1 Å². The van der Waals surface area contributed by atoms with Crippen molar-refractivity contribution in [3.63, 3.8) is 0 Å². The van der Waals surface area contributed by atoms with Gasteiger partial charge in [-0.3, -0.25) is 0 Å². The number of halogens is 1. The van der Waals surface area contributed by atoms with Crippen LogP contribution in [0.3, 0.4) is 0 Å². The fourth-order valence-electron chi connectivity index (χ4n) is 2.50. The maximum atomic E-state index is 13.3. The van der Waals surface area contributed by atoms with Gasteiger partial charge in [0, 0.05) is 5.56 Å². The van der Waals surface area contributed by atoms with Gasteiger partial charge in [-0.1, -0.05) is 12.1 Å². The van der Waals surface area contributed by atoms with Crippen LogP contribution in [0, 0.1) is 5.82 Å². The average molecular weight is 371 g/mol. The van der Waals surface area contributed by atoms with E-state index in [1.807, 2.05) is 0 Å². The van der Waals surface area contributed by atoms with Gasteiger partial charge in [0.15, 0.2) is 17.2 Å². The minimum Gasteiger partial charge on any atom is -0.493 e. The van der Waals surface area contributed by atoms with E-state index >= 15 is 0 Å². The number of rotatable bonds is 7. The molecule has 0 aliphatic rings. The van der Waals surface area contributed by atoms with Crippen LogP contribution >= 0.6 is 0 Å². The van der Waals surface area contributed by atoms with Crippen molar-refractivity contribution in [2.45, 2.75) is 13.5 Å². The van der Waals surface area contributed by atoms with Gasteiger partial charge in [0.25, 0.3) is 0 Å². The summed E-state index contributed by atoms with van der Waals surface area (Å²) in [6, 6.07) is 11.2. The first-order valence-corrected chi connectivity index (χ1v) is 8.26. The van der Waals surface area contributed by atoms with E-state index < -0.39 is 5.97 Å². The van der Waals surface area contributed by atoms with Gasteiger partial charge in [-0.25, -0.2) is 9.18 Å². The topological polar surface area (TPSA) is 86.3 Å². The molecule has 27 heavy (non-hydrogen) atoms. The Kier molecular flexibility index (Phi) is 5.65. The van der Waals surface area contributed by atoms with E-state index in [2.05, 4.69) is 15.4 Å². The Morgan fingerprint density at radius 2 is 2.00 bits per heavy atom. The Bertz CT molecular complexity index is 942. The number of carbonyl (C=O) groups is 1. The lowest BCUT2D eigenvalue weighted by atomic mass is 10.1. The number of hydrogen-bond acceptors (Lipinski definition) is 6. The molecule has 0 amide bonds. The summed E-state index contributed by atoms with van der Waals surface area (Å²) in [6.45, 7) is 2.10. The quantitative estimate of drug-likeness (QED) is 0.641. The maximum Gasteiger partial charge on any atom is 0.361 e. The number of nitrogens with one attached hydrogen (secondary N) is 1. The molecular weight excluding hydrogens is 353 g/mol. The SMILES string of the molecule is CCOC(=O)c1n[nH]nc1-c1ccc(OC)c(OCc2cccc(F)c2)c1. The molecule has 0 fully saturated rings. The van der Waals surface area contributed by atoms with Gasteiger partial charge in [-0.2, -0.15) is 10.3 Å². The fourth-order valence-corrected chi connectivity index (χ4v) is 2.50. The molecule has 0 bridgehead atoms. The summed E-state index contributed by atoms with van der Waals surface area (Å²) in [7, 11) is 1.52. The van der Waals surface area contributed by atoms with Gasteiger partial charge in [0.2, 0.25) is 0 Å². The molecule has 0 spiro atoms. The number of methoxy groups -OCH3 is 1. The van der Waals surface area contributed by atoms with E-state index in [1.54, 1.807) is 37.3 Å². The van der Waals surface area contributed by atoms with Crippen LogP contribution in [0.4, 0.5) is 4.39 Å². The Hall–Kier alpha value is -3.42. The number of H-pyrrole nitrogens is 1. The highest BCUT2D eigenvalue weighted by molar-refractivity contribution is 5.94. The number of carbonyl (C=O) groups excluding carboxylic acids is 1. The molecule has 0 atom stereocenters. The Labute approximate surface area is 155 Å². The van der Waals surface area contributed by atoms with Gasteiger partial charge in [0.05, 0.1) is 13.7 Å². The van der Waals surface area contributed by atoms with Crippen molar-refractivity contribution in [2.75, 3.05) is 13.7 Å². The van der Waals surface area contributed by atoms with Gasteiger partial charge in [-0.05, 0) is 42.8 Å². The first kappa shape index (κ1) is 18.4. The summed E-state index contributed by atoms with van der Waals surface area (Å²) >= 11 is 0. The third kappa shape index (κ3) is 4.22. The van der Waals surface area contributed by atoms with Gasteiger partial charge >= 0.3 is 5.97 Å². The third-order valence-corrected chi connectivity index (χ3v) is 3.74. The highest BCUT2D eigenvalue weighted by Gasteiger charge is 2.20.